The predicted molar refractivity (Wildman–Crippen MR) is 92.6 cm³/mol. The summed E-state index contributed by atoms with van der Waals surface area (Å²) < 4.78 is 37.8. The molecule has 2 rings (SSSR count). The van der Waals surface area contributed by atoms with Gasteiger partial charge in [0.15, 0.2) is 0 Å². The van der Waals surface area contributed by atoms with Crippen molar-refractivity contribution in [3.8, 4) is 5.75 Å². The van der Waals surface area contributed by atoms with E-state index in [1.807, 2.05) is 0 Å². The molecule has 0 heterocycles. The van der Waals surface area contributed by atoms with E-state index in [1.165, 1.54) is 6.07 Å². The van der Waals surface area contributed by atoms with Crippen LogP contribution in [0.3, 0.4) is 0 Å². The van der Waals surface area contributed by atoms with Gasteiger partial charge in [-0.05, 0) is 24.3 Å². The van der Waals surface area contributed by atoms with Crippen LogP contribution in [0.4, 0.5) is 39.8 Å². The summed E-state index contributed by atoms with van der Waals surface area (Å²) in [4.78, 5) is 30.7. The number of rotatable bonds is 3. The van der Waals surface area contributed by atoms with E-state index in [0.717, 1.165) is 36.4 Å². The fourth-order valence-electron chi connectivity index (χ4n) is 1.80. The number of phenols is 1. The van der Waals surface area contributed by atoms with Gasteiger partial charge in [-0.1, -0.05) is 6.07 Å². The lowest BCUT2D eigenvalue weighted by atomic mass is 10.2. The van der Waals surface area contributed by atoms with Crippen LogP contribution in [-0.2, 0) is 6.18 Å². The van der Waals surface area contributed by atoms with Gasteiger partial charge in [-0.15, -0.1) is 0 Å². The quantitative estimate of drug-likeness (QED) is 0.301. The molecule has 4 amide bonds. The molecule has 0 aliphatic heterocycles. The molecule has 0 fully saturated rings. The summed E-state index contributed by atoms with van der Waals surface area (Å²) in [6, 6.07) is 5.09. The molecule has 150 valence electrons. The zero-order valence-electron chi connectivity index (χ0n) is 13.9. The van der Waals surface area contributed by atoms with Gasteiger partial charge in [0.25, 0.3) is 5.69 Å². The Labute approximate surface area is 155 Å². The Hall–Kier alpha value is -4.03. The average molecular weight is 401 g/mol. The number of nitro benzene ring substituents is 1. The van der Waals surface area contributed by atoms with E-state index >= 15 is 0 Å². The SMILES string of the molecule is NC(N)=O.O=C(Nc1cccc(C(F)(F)F)c1)Nc1cc([N+](=O)[O-])ccc1O. The van der Waals surface area contributed by atoms with Crippen LogP contribution in [0.5, 0.6) is 5.75 Å². The van der Waals surface area contributed by atoms with E-state index in [9.17, 15) is 33.2 Å². The lowest BCUT2D eigenvalue weighted by Crippen LogP contribution is -2.20. The third-order valence-corrected chi connectivity index (χ3v) is 2.89. The van der Waals surface area contributed by atoms with Crippen LogP contribution in [0.25, 0.3) is 0 Å². The average Bonchev–Trinajstić information content (AvgIpc) is 2.55. The fourth-order valence-corrected chi connectivity index (χ4v) is 1.80. The van der Waals surface area contributed by atoms with E-state index in [2.05, 4.69) is 22.1 Å². The number of benzene rings is 2. The Kier molecular flexibility index (Phi) is 7.13. The summed E-state index contributed by atoms with van der Waals surface area (Å²) in [7, 11) is 0. The number of non-ortho nitro benzene ring substituents is 1. The number of aromatic hydroxyl groups is 1. The number of halogens is 3. The summed E-state index contributed by atoms with van der Waals surface area (Å²) in [6.45, 7) is 0. The van der Waals surface area contributed by atoms with Gasteiger partial charge in [0, 0.05) is 17.8 Å². The van der Waals surface area contributed by atoms with Crippen molar-refractivity contribution in [2.24, 2.45) is 11.5 Å². The van der Waals surface area contributed by atoms with Crippen LogP contribution in [0, 0.1) is 10.1 Å². The molecule has 0 aliphatic rings. The second-order valence-corrected chi connectivity index (χ2v) is 5.02. The molecule has 0 radical (unpaired) electrons. The molecule has 0 atom stereocenters. The maximum absolute atomic E-state index is 12.6. The summed E-state index contributed by atoms with van der Waals surface area (Å²) in [5.74, 6) is -0.431. The first-order valence-electron chi connectivity index (χ1n) is 7.17. The minimum absolute atomic E-state index is 0.132. The molecule has 0 spiro atoms. The molecule has 2 aromatic rings. The van der Waals surface area contributed by atoms with Crippen molar-refractivity contribution in [1.82, 2.24) is 0 Å². The van der Waals surface area contributed by atoms with E-state index < -0.39 is 34.5 Å². The number of nitro groups is 1. The minimum Gasteiger partial charge on any atom is -0.506 e. The van der Waals surface area contributed by atoms with Crippen molar-refractivity contribution in [3.63, 3.8) is 0 Å². The number of primary amides is 2. The van der Waals surface area contributed by atoms with Crippen LogP contribution < -0.4 is 22.1 Å². The highest BCUT2D eigenvalue weighted by Gasteiger charge is 2.30. The second kappa shape index (κ2) is 9.07. The maximum Gasteiger partial charge on any atom is 0.416 e. The van der Waals surface area contributed by atoms with Crippen molar-refractivity contribution < 1.29 is 32.8 Å². The van der Waals surface area contributed by atoms with Crippen LogP contribution in [-0.4, -0.2) is 22.1 Å². The third kappa shape index (κ3) is 7.07. The van der Waals surface area contributed by atoms with E-state index in [-0.39, 0.29) is 17.1 Å². The molecule has 28 heavy (non-hydrogen) atoms. The number of hydrogen-bond donors (Lipinski definition) is 5. The number of nitrogens with zero attached hydrogens (tertiary/aromatic N) is 1. The molecular weight excluding hydrogens is 387 g/mol. The molecule has 10 nitrogen and oxygen atoms in total. The van der Waals surface area contributed by atoms with Gasteiger partial charge < -0.3 is 27.2 Å². The lowest BCUT2D eigenvalue weighted by molar-refractivity contribution is -0.384. The number of phenolic OH excluding ortho intramolecular Hbond substituents is 1. The van der Waals surface area contributed by atoms with Gasteiger partial charge in [-0.25, -0.2) is 9.59 Å². The number of nitrogens with one attached hydrogen (secondary N) is 2. The number of hydrogen-bond acceptors (Lipinski definition) is 5. The number of urea groups is 2. The highest BCUT2D eigenvalue weighted by Crippen LogP contribution is 2.31. The fraction of sp³-hybridized carbons (Fsp3) is 0.0667. The molecule has 13 heteroatoms. The Morgan fingerprint density at radius 1 is 1.07 bits per heavy atom. The summed E-state index contributed by atoms with van der Waals surface area (Å²) in [6.07, 6.45) is -4.56. The predicted octanol–water partition coefficient (Wildman–Crippen LogP) is 2.99. The molecule has 0 unspecified atom stereocenters. The van der Waals surface area contributed by atoms with Gasteiger partial charge in [0.2, 0.25) is 0 Å². The summed E-state index contributed by atoms with van der Waals surface area (Å²) in [5.41, 5.74) is 6.79. The molecule has 2 aromatic carbocycles. The lowest BCUT2D eigenvalue weighted by Gasteiger charge is -2.11. The Morgan fingerprint density at radius 2 is 1.68 bits per heavy atom. The van der Waals surface area contributed by atoms with Crippen molar-refractivity contribution in [1.29, 1.82) is 0 Å². The zero-order valence-corrected chi connectivity index (χ0v) is 13.9. The number of amides is 4. The van der Waals surface area contributed by atoms with Gasteiger partial charge >= 0.3 is 18.2 Å². The van der Waals surface area contributed by atoms with Crippen molar-refractivity contribution in [3.05, 3.63) is 58.1 Å². The number of carbonyl (C=O) groups is 2. The topological polar surface area (TPSA) is 174 Å². The molecule has 0 aromatic heterocycles. The Morgan fingerprint density at radius 3 is 2.21 bits per heavy atom. The van der Waals surface area contributed by atoms with Gasteiger partial charge in [-0.3, -0.25) is 10.1 Å². The van der Waals surface area contributed by atoms with Gasteiger partial charge in [0.1, 0.15) is 5.75 Å². The Balaban J connectivity index is 0.000000892. The molecule has 0 saturated heterocycles. The van der Waals surface area contributed by atoms with Crippen molar-refractivity contribution in [2.45, 2.75) is 6.18 Å². The second-order valence-electron chi connectivity index (χ2n) is 5.02. The van der Waals surface area contributed by atoms with E-state index in [1.54, 1.807) is 0 Å². The first-order valence-corrected chi connectivity index (χ1v) is 7.17. The van der Waals surface area contributed by atoms with Crippen molar-refractivity contribution >= 4 is 29.1 Å². The maximum atomic E-state index is 12.6. The van der Waals surface area contributed by atoms with Crippen LogP contribution in [0.1, 0.15) is 5.56 Å². The smallest absolute Gasteiger partial charge is 0.416 e. The summed E-state index contributed by atoms with van der Waals surface area (Å²) >= 11 is 0. The standard InChI is InChI=1S/C14H10F3N3O4.CH4N2O/c15-14(16,17)8-2-1-3-9(6-8)18-13(22)19-11-7-10(20(23)24)4-5-12(11)21;2-1(3)4/h1-7,21H,(H2,18,19,22);(H4,2,3,4). The molecule has 0 aliphatic carbocycles. The number of alkyl halides is 3. The normalized spacial score (nSPS) is 10.2. The molecule has 0 saturated carbocycles. The summed E-state index contributed by atoms with van der Waals surface area (Å²) in [5, 5.41) is 24.5. The molecule has 0 bridgehead atoms. The minimum atomic E-state index is -4.56. The third-order valence-electron chi connectivity index (χ3n) is 2.89. The highest BCUT2D eigenvalue weighted by molar-refractivity contribution is 6.00. The first kappa shape index (κ1) is 22.0. The monoisotopic (exact) mass is 401 g/mol. The van der Waals surface area contributed by atoms with E-state index in [4.69, 9.17) is 4.79 Å². The number of carbonyl (C=O) groups excluding carboxylic acids is 2. The largest absolute Gasteiger partial charge is 0.506 e. The van der Waals surface area contributed by atoms with Gasteiger partial charge in [-0.2, -0.15) is 13.2 Å². The molecule has 7 N–H and O–H groups in total. The molecular formula is C15H14F3N5O5. The first-order chi connectivity index (χ1) is 12.9. The van der Waals surface area contributed by atoms with Crippen LogP contribution in [0.2, 0.25) is 0 Å². The number of anilines is 2. The van der Waals surface area contributed by atoms with Gasteiger partial charge in [0.05, 0.1) is 16.2 Å². The zero-order chi connectivity index (χ0) is 21.5. The van der Waals surface area contributed by atoms with Crippen molar-refractivity contribution in [2.75, 3.05) is 10.6 Å². The highest BCUT2D eigenvalue weighted by atomic mass is 19.4. The van der Waals surface area contributed by atoms with Crippen LogP contribution in [0.15, 0.2) is 42.5 Å². The Bertz CT molecular complexity index is 885. The van der Waals surface area contributed by atoms with E-state index in [0.29, 0.717) is 0 Å². The van der Waals surface area contributed by atoms with Crippen LogP contribution >= 0.6 is 0 Å². The number of nitrogens with two attached hydrogens (primary N) is 2.